The Bertz CT molecular complexity index is 480. The molecular formula is C14H17Cl2F3N2. The molecule has 21 heavy (non-hydrogen) atoms. The van der Waals surface area contributed by atoms with Gasteiger partial charge in [-0.15, -0.1) is 0 Å². The van der Waals surface area contributed by atoms with Crippen molar-refractivity contribution in [1.82, 2.24) is 10.2 Å². The first-order valence-electron chi connectivity index (χ1n) is 6.77. The van der Waals surface area contributed by atoms with Gasteiger partial charge < -0.3 is 5.32 Å². The van der Waals surface area contributed by atoms with Gasteiger partial charge in [-0.1, -0.05) is 23.2 Å². The molecule has 0 saturated carbocycles. The summed E-state index contributed by atoms with van der Waals surface area (Å²) >= 11 is 12.0. The minimum absolute atomic E-state index is 0.241. The van der Waals surface area contributed by atoms with Crippen molar-refractivity contribution in [3.05, 3.63) is 33.8 Å². The van der Waals surface area contributed by atoms with E-state index < -0.39 is 12.7 Å². The van der Waals surface area contributed by atoms with Crippen LogP contribution in [0.15, 0.2) is 18.2 Å². The summed E-state index contributed by atoms with van der Waals surface area (Å²) in [6.45, 7) is 1.41. The molecule has 1 fully saturated rings. The topological polar surface area (TPSA) is 15.3 Å². The molecule has 1 aliphatic rings. The Labute approximate surface area is 132 Å². The van der Waals surface area contributed by atoms with E-state index in [1.165, 1.54) is 4.90 Å². The fourth-order valence-corrected chi connectivity index (χ4v) is 2.95. The minimum atomic E-state index is -4.11. The summed E-state index contributed by atoms with van der Waals surface area (Å²) in [4.78, 5) is 1.46. The second-order valence-electron chi connectivity index (χ2n) is 5.37. The summed E-state index contributed by atoms with van der Waals surface area (Å²) in [5.74, 6) is 0.241. The monoisotopic (exact) mass is 340 g/mol. The number of rotatable bonds is 5. The molecule has 0 bridgehead atoms. The van der Waals surface area contributed by atoms with Gasteiger partial charge in [0.05, 0.1) is 6.54 Å². The Balaban J connectivity index is 1.74. The molecule has 1 aromatic carbocycles. The average Bonchev–Trinajstić information content (AvgIpc) is 2.79. The second kappa shape index (κ2) is 7.18. The van der Waals surface area contributed by atoms with E-state index in [4.69, 9.17) is 23.2 Å². The smallest absolute Gasteiger partial charge is 0.312 e. The zero-order valence-electron chi connectivity index (χ0n) is 11.4. The van der Waals surface area contributed by atoms with E-state index >= 15 is 0 Å². The molecule has 0 amide bonds. The lowest BCUT2D eigenvalue weighted by atomic mass is 10.1. The second-order valence-corrected chi connectivity index (χ2v) is 6.22. The van der Waals surface area contributed by atoms with Crippen LogP contribution in [0, 0.1) is 5.92 Å². The summed E-state index contributed by atoms with van der Waals surface area (Å²) < 4.78 is 36.9. The van der Waals surface area contributed by atoms with Gasteiger partial charge in [0.25, 0.3) is 0 Å². The van der Waals surface area contributed by atoms with Crippen LogP contribution in [0.5, 0.6) is 0 Å². The van der Waals surface area contributed by atoms with Crippen molar-refractivity contribution < 1.29 is 13.2 Å². The van der Waals surface area contributed by atoms with Crippen LogP contribution >= 0.6 is 23.2 Å². The van der Waals surface area contributed by atoms with Crippen molar-refractivity contribution in [1.29, 1.82) is 0 Å². The van der Waals surface area contributed by atoms with Crippen LogP contribution in [0.1, 0.15) is 12.0 Å². The number of halogens is 5. The summed E-state index contributed by atoms with van der Waals surface area (Å²) in [5.41, 5.74) is 0.898. The molecular weight excluding hydrogens is 324 g/mol. The molecule has 1 saturated heterocycles. The predicted octanol–water partition coefficient (Wildman–Crippen LogP) is 3.97. The van der Waals surface area contributed by atoms with E-state index in [1.54, 1.807) is 18.2 Å². The number of nitrogens with zero attached hydrogens (tertiary/aromatic N) is 1. The van der Waals surface area contributed by atoms with Gasteiger partial charge in [-0.2, -0.15) is 13.2 Å². The van der Waals surface area contributed by atoms with Crippen molar-refractivity contribution in [2.24, 2.45) is 5.92 Å². The predicted molar refractivity (Wildman–Crippen MR) is 78.8 cm³/mol. The minimum Gasteiger partial charge on any atom is -0.312 e. The molecule has 118 valence electrons. The fraction of sp³-hybridized carbons (Fsp3) is 0.571. The van der Waals surface area contributed by atoms with Crippen molar-refractivity contribution >= 4 is 23.2 Å². The third-order valence-corrected chi connectivity index (χ3v) is 4.13. The molecule has 1 atom stereocenters. The Kier molecular flexibility index (Phi) is 5.77. The quantitative estimate of drug-likeness (QED) is 0.872. The zero-order chi connectivity index (χ0) is 15.5. The number of alkyl halides is 3. The molecule has 2 nitrogen and oxygen atoms in total. The molecule has 2 rings (SSSR count). The van der Waals surface area contributed by atoms with E-state index in [1.807, 2.05) is 0 Å². The highest BCUT2D eigenvalue weighted by molar-refractivity contribution is 6.33. The largest absolute Gasteiger partial charge is 0.401 e. The summed E-state index contributed by atoms with van der Waals surface area (Å²) in [7, 11) is 0. The first kappa shape index (κ1) is 16.9. The zero-order valence-corrected chi connectivity index (χ0v) is 12.9. The lowest BCUT2D eigenvalue weighted by molar-refractivity contribution is -0.143. The van der Waals surface area contributed by atoms with E-state index in [0.29, 0.717) is 36.2 Å². The van der Waals surface area contributed by atoms with Crippen LogP contribution in [-0.2, 0) is 6.54 Å². The maximum absolute atomic E-state index is 12.3. The Morgan fingerprint density at radius 1 is 1.29 bits per heavy atom. The number of hydrogen-bond donors (Lipinski definition) is 1. The molecule has 1 heterocycles. The highest BCUT2D eigenvalue weighted by Gasteiger charge is 2.34. The van der Waals surface area contributed by atoms with E-state index in [9.17, 15) is 13.2 Å². The molecule has 0 aliphatic carbocycles. The molecule has 1 aliphatic heterocycles. The van der Waals surface area contributed by atoms with Gasteiger partial charge in [0.1, 0.15) is 0 Å². The molecule has 1 unspecified atom stereocenters. The number of nitrogens with one attached hydrogen (secondary N) is 1. The molecule has 7 heteroatoms. The van der Waals surface area contributed by atoms with Crippen LogP contribution in [0.25, 0.3) is 0 Å². The molecule has 0 radical (unpaired) electrons. The van der Waals surface area contributed by atoms with Gasteiger partial charge in [0, 0.05) is 23.1 Å². The van der Waals surface area contributed by atoms with Crippen LogP contribution in [0.2, 0.25) is 10.0 Å². The van der Waals surface area contributed by atoms with Gasteiger partial charge in [-0.05, 0) is 49.2 Å². The van der Waals surface area contributed by atoms with Crippen molar-refractivity contribution in [3.63, 3.8) is 0 Å². The van der Waals surface area contributed by atoms with Crippen LogP contribution < -0.4 is 5.32 Å². The first-order valence-corrected chi connectivity index (χ1v) is 7.53. The van der Waals surface area contributed by atoms with Crippen molar-refractivity contribution in [2.45, 2.75) is 19.1 Å². The maximum atomic E-state index is 12.3. The van der Waals surface area contributed by atoms with Gasteiger partial charge >= 0.3 is 6.18 Å². The number of benzene rings is 1. The van der Waals surface area contributed by atoms with Crippen molar-refractivity contribution in [3.8, 4) is 0 Å². The van der Waals surface area contributed by atoms with Gasteiger partial charge in [-0.25, -0.2) is 0 Å². The summed E-state index contributed by atoms with van der Waals surface area (Å²) in [6, 6.07) is 5.25. The first-order chi connectivity index (χ1) is 9.83. The van der Waals surface area contributed by atoms with Gasteiger partial charge in [-0.3, -0.25) is 4.90 Å². The highest BCUT2D eigenvalue weighted by Crippen LogP contribution is 2.23. The van der Waals surface area contributed by atoms with E-state index in [0.717, 1.165) is 12.0 Å². The van der Waals surface area contributed by atoms with Crippen LogP contribution in [0.4, 0.5) is 13.2 Å². The van der Waals surface area contributed by atoms with Crippen LogP contribution in [0.3, 0.4) is 0 Å². The molecule has 0 aromatic heterocycles. The third kappa shape index (κ3) is 5.66. The molecule has 1 aromatic rings. The Hall–Kier alpha value is -0.490. The maximum Gasteiger partial charge on any atom is 0.401 e. The fourth-order valence-electron chi connectivity index (χ4n) is 2.57. The van der Waals surface area contributed by atoms with Crippen molar-refractivity contribution in [2.75, 3.05) is 26.2 Å². The molecule has 0 spiro atoms. The molecule has 1 N–H and O–H groups in total. The lowest BCUT2D eigenvalue weighted by Crippen LogP contribution is -2.33. The standard InChI is InChI=1S/C14H17Cl2F3N2/c15-12-1-2-13(16)11(5-12)7-20-6-10-3-4-21(8-10)9-14(17,18)19/h1-2,5,10,20H,3-4,6-9H2. The van der Waals surface area contributed by atoms with E-state index in [-0.39, 0.29) is 5.92 Å². The van der Waals surface area contributed by atoms with Gasteiger partial charge in [0.15, 0.2) is 0 Å². The highest BCUT2D eigenvalue weighted by atomic mass is 35.5. The number of likely N-dealkylation sites (tertiary alicyclic amines) is 1. The Morgan fingerprint density at radius 2 is 2.05 bits per heavy atom. The average molecular weight is 341 g/mol. The normalized spacial score (nSPS) is 20.1. The summed E-state index contributed by atoms with van der Waals surface area (Å²) in [6.07, 6.45) is -3.33. The summed E-state index contributed by atoms with van der Waals surface area (Å²) in [5, 5.41) is 4.50. The van der Waals surface area contributed by atoms with E-state index in [2.05, 4.69) is 5.32 Å². The third-order valence-electron chi connectivity index (χ3n) is 3.53. The lowest BCUT2D eigenvalue weighted by Gasteiger charge is -2.18. The van der Waals surface area contributed by atoms with Gasteiger partial charge in [0.2, 0.25) is 0 Å². The number of hydrogen-bond acceptors (Lipinski definition) is 2. The van der Waals surface area contributed by atoms with Crippen LogP contribution in [-0.4, -0.2) is 37.3 Å². The SMILES string of the molecule is FC(F)(F)CN1CCC(CNCc2cc(Cl)ccc2Cl)C1. The Morgan fingerprint density at radius 3 is 2.76 bits per heavy atom.